The molecule has 0 saturated carbocycles. The molecule has 0 amide bonds. The van der Waals surface area contributed by atoms with Gasteiger partial charge in [0.25, 0.3) is 0 Å². The molecule has 0 N–H and O–H groups in total. The first kappa shape index (κ1) is 16.3. The quantitative estimate of drug-likeness (QED) is 0.477. The Labute approximate surface area is 134 Å². The van der Waals surface area contributed by atoms with Crippen molar-refractivity contribution in [1.29, 1.82) is 0 Å². The Bertz CT molecular complexity index is 754. The van der Waals surface area contributed by atoms with Gasteiger partial charge in [0.05, 0.1) is 6.21 Å². The van der Waals surface area contributed by atoms with Crippen molar-refractivity contribution in [2.45, 2.75) is 4.90 Å². The van der Waals surface area contributed by atoms with E-state index in [1.165, 1.54) is 24.3 Å². The fraction of sp³-hybridized carbons (Fsp3) is 0.133. The lowest BCUT2D eigenvalue weighted by atomic mass is 10.2. The standard InChI is InChI=1S/C15H15ClN2O3S/c1-18(2)17-11-12-3-7-14(8-4-12)21-22(19,20)15-9-5-13(16)6-10-15/h3-11H,1-2H3. The third kappa shape index (κ3) is 4.47. The zero-order valence-corrected chi connectivity index (χ0v) is 13.7. The van der Waals surface area contributed by atoms with Gasteiger partial charge in [-0.2, -0.15) is 13.5 Å². The van der Waals surface area contributed by atoms with Crippen LogP contribution in [0.2, 0.25) is 5.02 Å². The van der Waals surface area contributed by atoms with Crippen LogP contribution < -0.4 is 4.18 Å². The molecule has 7 heteroatoms. The predicted octanol–water partition coefficient (Wildman–Crippen LogP) is 3.00. The van der Waals surface area contributed by atoms with Gasteiger partial charge in [-0.3, -0.25) is 0 Å². The van der Waals surface area contributed by atoms with Gasteiger partial charge >= 0.3 is 10.1 Å². The highest BCUT2D eigenvalue weighted by Crippen LogP contribution is 2.20. The molecule has 0 spiro atoms. The van der Waals surface area contributed by atoms with Crippen LogP contribution in [0.25, 0.3) is 0 Å². The van der Waals surface area contributed by atoms with Crippen LogP contribution in [0.3, 0.4) is 0 Å². The number of benzene rings is 2. The lowest BCUT2D eigenvalue weighted by Crippen LogP contribution is -2.09. The third-order valence-electron chi connectivity index (χ3n) is 2.63. The van der Waals surface area contributed by atoms with Gasteiger partial charge in [0.2, 0.25) is 0 Å². The first-order valence-corrected chi connectivity index (χ1v) is 8.17. The average Bonchev–Trinajstić information content (AvgIpc) is 2.46. The van der Waals surface area contributed by atoms with Gasteiger partial charge in [-0.15, -0.1) is 0 Å². The molecular formula is C15H15ClN2O3S. The van der Waals surface area contributed by atoms with Crippen molar-refractivity contribution in [1.82, 2.24) is 5.01 Å². The minimum Gasteiger partial charge on any atom is -0.379 e. The second kappa shape index (κ2) is 6.81. The second-order valence-corrected chi connectivity index (χ2v) is 6.63. The molecule has 0 aliphatic carbocycles. The van der Waals surface area contributed by atoms with Crippen LogP contribution in [0.15, 0.2) is 58.5 Å². The molecule has 0 aromatic heterocycles. The Morgan fingerprint density at radius 2 is 1.64 bits per heavy atom. The van der Waals surface area contributed by atoms with Crippen LogP contribution >= 0.6 is 11.6 Å². The summed E-state index contributed by atoms with van der Waals surface area (Å²) in [5.41, 5.74) is 0.838. The molecule has 5 nitrogen and oxygen atoms in total. The van der Waals surface area contributed by atoms with Crippen molar-refractivity contribution >= 4 is 27.9 Å². The molecule has 0 unspecified atom stereocenters. The first-order valence-electron chi connectivity index (χ1n) is 6.38. The van der Waals surface area contributed by atoms with Crippen molar-refractivity contribution in [2.24, 2.45) is 5.10 Å². The van der Waals surface area contributed by atoms with E-state index in [9.17, 15) is 8.42 Å². The predicted molar refractivity (Wildman–Crippen MR) is 87.0 cm³/mol. The highest BCUT2D eigenvalue weighted by molar-refractivity contribution is 7.87. The molecule has 0 bridgehead atoms. The third-order valence-corrected chi connectivity index (χ3v) is 4.14. The average molecular weight is 339 g/mol. The second-order valence-electron chi connectivity index (χ2n) is 4.65. The Hall–Kier alpha value is -2.05. The van der Waals surface area contributed by atoms with Crippen LogP contribution in [0.5, 0.6) is 5.75 Å². The Morgan fingerprint density at radius 3 is 2.18 bits per heavy atom. The summed E-state index contributed by atoms with van der Waals surface area (Å²) < 4.78 is 29.3. The summed E-state index contributed by atoms with van der Waals surface area (Å²) in [5, 5.41) is 6.22. The summed E-state index contributed by atoms with van der Waals surface area (Å²) in [7, 11) is -0.245. The fourth-order valence-corrected chi connectivity index (χ4v) is 2.62. The minimum atomic E-state index is -3.87. The van der Waals surface area contributed by atoms with E-state index in [1.807, 2.05) is 14.1 Å². The zero-order chi connectivity index (χ0) is 16.2. The van der Waals surface area contributed by atoms with Crippen LogP contribution in [0, 0.1) is 0 Å². The highest BCUT2D eigenvalue weighted by Gasteiger charge is 2.16. The van der Waals surface area contributed by atoms with E-state index < -0.39 is 10.1 Å². The highest BCUT2D eigenvalue weighted by atomic mass is 35.5. The molecule has 0 fully saturated rings. The van der Waals surface area contributed by atoms with E-state index in [2.05, 4.69) is 5.10 Å². The Kier molecular flexibility index (Phi) is 5.05. The maximum Gasteiger partial charge on any atom is 0.339 e. The van der Waals surface area contributed by atoms with Crippen molar-refractivity contribution in [3.8, 4) is 5.75 Å². The van der Waals surface area contributed by atoms with Gasteiger partial charge in [-0.1, -0.05) is 11.6 Å². The van der Waals surface area contributed by atoms with Gasteiger partial charge in [0.15, 0.2) is 0 Å². The number of halogens is 1. The molecule has 2 aromatic rings. The van der Waals surface area contributed by atoms with Crippen LogP contribution in [0.1, 0.15) is 5.56 Å². The number of hydrazone groups is 1. The fourth-order valence-electron chi connectivity index (χ4n) is 1.57. The van der Waals surface area contributed by atoms with E-state index in [1.54, 1.807) is 35.5 Å². The smallest absolute Gasteiger partial charge is 0.339 e. The van der Waals surface area contributed by atoms with Crippen LogP contribution in [0.4, 0.5) is 0 Å². The summed E-state index contributed by atoms with van der Waals surface area (Å²) >= 11 is 5.74. The molecule has 0 aliphatic heterocycles. The summed E-state index contributed by atoms with van der Waals surface area (Å²) in [5.74, 6) is 0.233. The van der Waals surface area contributed by atoms with Crippen molar-refractivity contribution < 1.29 is 12.6 Å². The van der Waals surface area contributed by atoms with E-state index in [4.69, 9.17) is 15.8 Å². The Morgan fingerprint density at radius 1 is 1.05 bits per heavy atom. The lowest BCUT2D eigenvalue weighted by molar-refractivity contribution is 0.440. The van der Waals surface area contributed by atoms with Gasteiger partial charge < -0.3 is 9.19 Å². The lowest BCUT2D eigenvalue weighted by Gasteiger charge is -2.07. The summed E-state index contributed by atoms with van der Waals surface area (Å²) in [6.45, 7) is 0. The molecule has 2 rings (SSSR count). The van der Waals surface area contributed by atoms with Crippen LogP contribution in [-0.2, 0) is 10.1 Å². The molecule has 0 aliphatic rings. The van der Waals surface area contributed by atoms with E-state index in [0.29, 0.717) is 5.02 Å². The maximum atomic E-state index is 12.1. The summed E-state index contributed by atoms with van der Waals surface area (Å²) in [6.07, 6.45) is 1.66. The molecule has 0 radical (unpaired) electrons. The van der Waals surface area contributed by atoms with Gasteiger partial charge in [0.1, 0.15) is 10.6 Å². The SMILES string of the molecule is CN(C)N=Cc1ccc(OS(=O)(=O)c2ccc(Cl)cc2)cc1. The molecular weight excluding hydrogens is 324 g/mol. The summed E-state index contributed by atoms with van der Waals surface area (Å²) in [4.78, 5) is 0.0511. The van der Waals surface area contributed by atoms with Gasteiger partial charge in [-0.25, -0.2) is 0 Å². The van der Waals surface area contributed by atoms with Crippen molar-refractivity contribution in [3.63, 3.8) is 0 Å². The maximum absolute atomic E-state index is 12.1. The summed E-state index contributed by atoms with van der Waals surface area (Å²) in [6, 6.07) is 12.4. The topological polar surface area (TPSA) is 59.0 Å². The number of hydrogen-bond acceptors (Lipinski definition) is 5. The molecule has 22 heavy (non-hydrogen) atoms. The normalized spacial score (nSPS) is 11.6. The monoisotopic (exact) mass is 338 g/mol. The zero-order valence-electron chi connectivity index (χ0n) is 12.1. The molecule has 116 valence electrons. The number of rotatable bonds is 5. The van der Waals surface area contributed by atoms with E-state index in [-0.39, 0.29) is 10.6 Å². The molecule has 0 saturated heterocycles. The van der Waals surface area contributed by atoms with E-state index >= 15 is 0 Å². The number of nitrogens with zero attached hydrogens (tertiary/aromatic N) is 2. The molecule has 0 atom stereocenters. The minimum absolute atomic E-state index is 0.0511. The molecule has 0 heterocycles. The van der Waals surface area contributed by atoms with Gasteiger partial charge in [-0.05, 0) is 54.1 Å². The first-order chi connectivity index (χ1) is 10.4. The van der Waals surface area contributed by atoms with Crippen molar-refractivity contribution in [3.05, 3.63) is 59.1 Å². The van der Waals surface area contributed by atoms with Crippen LogP contribution in [-0.4, -0.2) is 33.7 Å². The number of hydrogen-bond donors (Lipinski definition) is 0. The largest absolute Gasteiger partial charge is 0.379 e. The molecule has 2 aromatic carbocycles. The van der Waals surface area contributed by atoms with Gasteiger partial charge in [0, 0.05) is 19.1 Å². The Balaban J connectivity index is 2.14. The van der Waals surface area contributed by atoms with Crippen molar-refractivity contribution in [2.75, 3.05) is 14.1 Å². The van der Waals surface area contributed by atoms with E-state index in [0.717, 1.165) is 5.56 Å².